The van der Waals surface area contributed by atoms with Crippen molar-refractivity contribution in [3.05, 3.63) is 45.5 Å². The summed E-state index contributed by atoms with van der Waals surface area (Å²) in [5.41, 5.74) is 2.43. The number of rotatable bonds is 6. The lowest BCUT2D eigenvalue weighted by Gasteiger charge is -2.21. The number of ether oxygens (including phenoxy) is 1. The van der Waals surface area contributed by atoms with Crippen molar-refractivity contribution in [3.8, 4) is 5.75 Å². The van der Waals surface area contributed by atoms with Crippen LogP contribution in [-0.2, 0) is 0 Å². The molecular weight excluding hydrogens is 268 g/mol. The van der Waals surface area contributed by atoms with Gasteiger partial charge in [-0.15, -0.1) is 0 Å². The highest BCUT2D eigenvalue weighted by Gasteiger charge is 2.14. The predicted molar refractivity (Wildman–Crippen MR) is 85.0 cm³/mol. The van der Waals surface area contributed by atoms with E-state index in [1.54, 1.807) is 26.0 Å². The molecule has 1 aromatic rings. The minimum atomic E-state index is -0.377. The zero-order valence-electron chi connectivity index (χ0n) is 13.4. The molecule has 0 saturated carbocycles. The minimum Gasteiger partial charge on any atom is -0.489 e. The Kier molecular flexibility index (Phi) is 5.49. The van der Waals surface area contributed by atoms with Crippen LogP contribution in [0.3, 0.4) is 0 Å². The van der Waals surface area contributed by atoms with Crippen LogP contribution in [0.1, 0.15) is 31.9 Å². The van der Waals surface area contributed by atoms with Gasteiger partial charge in [0.25, 0.3) is 5.69 Å². The van der Waals surface area contributed by atoms with Crippen LogP contribution in [0.4, 0.5) is 5.69 Å². The lowest BCUT2D eigenvalue weighted by atomic mass is 10.1. The Morgan fingerprint density at radius 3 is 2.48 bits per heavy atom. The Balaban J connectivity index is 2.66. The van der Waals surface area contributed by atoms with Crippen molar-refractivity contribution in [1.29, 1.82) is 0 Å². The molecule has 5 nitrogen and oxygen atoms in total. The summed E-state index contributed by atoms with van der Waals surface area (Å²) in [5.74, 6) is 0.662. The van der Waals surface area contributed by atoms with Crippen LogP contribution in [0.15, 0.2) is 24.3 Å². The smallest absolute Gasteiger partial charge is 0.272 e. The Hall–Kier alpha value is -1.88. The summed E-state index contributed by atoms with van der Waals surface area (Å²) in [6.07, 6.45) is 0. The van der Waals surface area contributed by atoms with Crippen LogP contribution in [0.5, 0.6) is 5.75 Å². The maximum atomic E-state index is 10.9. The maximum Gasteiger partial charge on any atom is 0.272 e. The maximum absolute atomic E-state index is 10.9. The van der Waals surface area contributed by atoms with E-state index >= 15 is 0 Å². The topological polar surface area (TPSA) is 64.4 Å². The van der Waals surface area contributed by atoms with Gasteiger partial charge in [-0.2, -0.15) is 0 Å². The number of benzene rings is 1. The molecule has 0 unspecified atom stereocenters. The van der Waals surface area contributed by atoms with E-state index in [9.17, 15) is 10.1 Å². The van der Waals surface area contributed by atoms with Gasteiger partial charge in [0, 0.05) is 23.7 Å². The largest absolute Gasteiger partial charge is 0.489 e. The number of nitro benzene ring substituents is 1. The van der Waals surface area contributed by atoms with Crippen molar-refractivity contribution in [2.45, 2.75) is 40.2 Å². The first-order valence-corrected chi connectivity index (χ1v) is 6.90. The fraction of sp³-hybridized carbons (Fsp3) is 0.500. The van der Waals surface area contributed by atoms with E-state index < -0.39 is 0 Å². The molecule has 0 aliphatic carbocycles. The normalized spacial score (nSPS) is 11.3. The van der Waals surface area contributed by atoms with Crippen molar-refractivity contribution in [2.75, 3.05) is 13.2 Å². The molecule has 0 fully saturated rings. The highest BCUT2D eigenvalue weighted by Crippen LogP contribution is 2.27. The number of nitro groups is 1. The molecule has 116 valence electrons. The van der Waals surface area contributed by atoms with Crippen molar-refractivity contribution in [1.82, 2.24) is 5.32 Å². The fourth-order valence-corrected chi connectivity index (χ4v) is 1.75. The highest BCUT2D eigenvalue weighted by molar-refractivity contribution is 5.49. The van der Waals surface area contributed by atoms with E-state index in [-0.39, 0.29) is 16.1 Å². The molecule has 21 heavy (non-hydrogen) atoms. The van der Waals surface area contributed by atoms with E-state index in [1.807, 2.05) is 0 Å². The Labute approximate surface area is 126 Å². The lowest BCUT2D eigenvalue weighted by Crippen LogP contribution is -2.37. The Bertz CT molecular complexity index is 545. The van der Waals surface area contributed by atoms with Gasteiger partial charge in [-0.05, 0) is 51.8 Å². The van der Waals surface area contributed by atoms with Gasteiger partial charge < -0.3 is 10.1 Å². The molecule has 0 heterocycles. The summed E-state index contributed by atoms with van der Waals surface area (Å²) in [6, 6.07) is 3.25. The van der Waals surface area contributed by atoms with Crippen LogP contribution >= 0.6 is 0 Å². The summed E-state index contributed by atoms with van der Waals surface area (Å²) >= 11 is 0. The van der Waals surface area contributed by atoms with Gasteiger partial charge in [-0.1, -0.05) is 6.58 Å². The van der Waals surface area contributed by atoms with Crippen LogP contribution in [0.25, 0.3) is 0 Å². The number of hydrogen-bond donors (Lipinski definition) is 1. The Morgan fingerprint density at radius 2 is 1.95 bits per heavy atom. The second kappa shape index (κ2) is 6.72. The van der Waals surface area contributed by atoms with Crippen LogP contribution < -0.4 is 10.1 Å². The second-order valence-electron chi connectivity index (χ2n) is 6.30. The molecule has 1 rings (SSSR count). The monoisotopic (exact) mass is 292 g/mol. The van der Waals surface area contributed by atoms with E-state index in [0.717, 1.165) is 11.1 Å². The van der Waals surface area contributed by atoms with Crippen LogP contribution in [-0.4, -0.2) is 23.6 Å². The summed E-state index contributed by atoms with van der Waals surface area (Å²) in [4.78, 5) is 10.5. The number of hydrogen-bond acceptors (Lipinski definition) is 4. The first-order chi connectivity index (χ1) is 9.60. The molecule has 0 spiro atoms. The first-order valence-electron chi connectivity index (χ1n) is 6.90. The SMILES string of the molecule is C=C(CNC(C)(C)C)COc1cc(C)c([N+](=O)[O-])cc1C. The summed E-state index contributed by atoms with van der Waals surface area (Å²) in [7, 11) is 0. The van der Waals surface area contributed by atoms with Gasteiger partial charge in [0.2, 0.25) is 0 Å². The van der Waals surface area contributed by atoms with Gasteiger partial charge in [0.1, 0.15) is 12.4 Å². The molecular formula is C16H24N2O3. The van der Waals surface area contributed by atoms with E-state index in [1.165, 1.54) is 0 Å². The minimum absolute atomic E-state index is 0.0306. The van der Waals surface area contributed by atoms with Gasteiger partial charge in [0.15, 0.2) is 0 Å². The first kappa shape index (κ1) is 17.2. The second-order valence-corrected chi connectivity index (χ2v) is 6.30. The third kappa shape index (κ3) is 5.55. The highest BCUT2D eigenvalue weighted by atomic mass is 16.6. The van der Waals surface area contributed by atoms with Crippen molar-refractivity contribution < 1.29 is 9.66 Å². The van der Waals surface area contributed by atoms with Crippen LogP contribution in [0.2, 0.25) is 0 Å². The number of nitrogens with zero attached hydrogens (tertiary/aromatic N) is 1. The quantitative estimate of drug-likeness (QED) is 0.495. The summed E-state index contributed by atoms with van der Waals surface area (Å²) in [5, 5.41) is 14.2. The molecule has 1 aromatic carbocycles. The van der Waals surface area contributed by atoms with E-state index in [0.29, 0.717) is 24.5 Å². The molecule has 0 amide bonds. The Morgan fingerprint density at radius 1 is 1.33 bits per heavy atom. The van der Waals surface area contributed by atoms with E-state index in [2.05, 4.69) is 32.7 Å². The molecule has 0 bridgehead atoms. The third-order valence-corrected chi connectivity index (χ3v) is 2.99. The van der Waals surface area contributed by atoms with Gasteiger partial charge in [-0.25, -0.2) is 0 Å². The van der Waals surface area contributed by atoms with Crippen molar-refractivity contribution >= 4 is 5.69 Å². The number of nitrogens with one attached hydrogen (secondary N) is 1. The molecule has 0 aliphatic rings. The average Bonchev–Trinajstić information content (AvgIpc) is 2.35. The third-order valence-electron chi connectivity index (χ3n) is 2.99. The molecule has 0 atom stereocenters. The van der Waals surface area contributed by atoms with E-state index in [4.69, 9.17) is 4.74 Å². The summed E-state index contributed by atoms with van der Waals surface area (Å²) < 4.78 is 5.72. The van der Waals surface area contributed by atoms with Gasteiger partial charge in [0.05, 0.1) is 4.92 Å². The molecule has 0 aliphatic heterocycles. The zero-order valence-corrected chi connectivity index (χ0v) is 13.4. The van der Waals surface area contributed by atoms with Gasteiger partial charge in [-0.3, -0.25) is 10.1 Å². The summed E-state index contributed by atoms with van der Waals surface area (Å²) in [6.45, 7) is 14.8. The molecule has 0 saturated heterocycles. The zero-order chi connectivity index (χ0) is 16.2. The van der Waals surface area contributed by atoms with Crippen molar-refractivity contribution in [2.24, 2.45) is 0 Å². The average molecular weight is 292 g/mol. The molecule has 0 radical (unpaired) electrons. The predicted octanol–water partition coefficient (Wildman–Crippen LogP) is 3.53. The molecule has 1 N–H and O–H groups in total. The molecule has 5 heteroatoms. The van der Waals surface area contributed by atoms with Crippen LogP contribution in [0, 0.1) is 24.0 Å². The van der Waals surface area contributed by atoms with Gasteiger partial charge >= 0.3 is 0 Å². The molecule has 0 aromatic heterocycles. The standard InChI is InChI=1S/C16H24N2O3/c1-11(9-17-16(4,5)6)10-21-15-8-12(2)14(18(19)20)7-13(15)3/h7-8,17H,1,9-10H2,2-6H3. The lowest BCUT2D eigenvalue weighted by molar-refractivity contribution is -0.385. The number of aryl methyl sites for hydroxylation is 2. The fourth-order valence-electron chi connectivity index (χ4n) is 1.75. The van der Waals surface area contributed by atoms with Crippen molar-refractivity contribution in [3.63, 3.8) is 0 Å².